The molecule has 0 saturated carbocycles. The summed E-state index contributed by atoms with van der Waals surface area (Å²) in [4.78, 5) is 52.4. The normalized spacial score (nSPS) is 15.3. The number of nitrogens with one attached hydrogen (secondary N) is 3. The van der Waals surface area contributed by atoms with Crippen LogP contribution in [0, 0.1) is 0 Å². The first-order chi connectivity index (χ1) is 14.0. The fourth-order valence-electron chi connectivity index (χ4n) is 3.41. The highest BCUT2D eigenvalue weighted by Gasteiger charge is 2.35. The average Bonchev–Trinajstić information content (AvgIpc) is 2.72. The number of nitrogens with zero attached hydrogens (tertiary/aromatic N) is 1. The quantitative estimate of drug-likeness (QED) is 0.629. The lowest BCUT2D eigenvalue weighted by Gasteiger charge is -2.26. The van der Waals surface area contributed by atoms with Crippen LogP contribution in [0.2, 0.25) is 0 Å². The topological polar surface area (TPSA) is 113 Å². The van der Waals surface area contributed by atoms with Crippen LogP contribution in [-0.4, -0.2) is 21.4 Å². The van der Waals surface area contributed by atoms with Crippen molar-refractivity contribution in [3.63, 3.8) is 0 Å². The van der Waals surface area contributed by atoms with Crippen LogP contribution in [-0.2, 0) is 16.1 Å². The third kappa shape index (κ3) is 3.73. The first kappa shape index (κ1) is 18.4. The van der Waals surface area contributed by atoms with E-state index in [0.29, 0.717) is 5.69 Å². The summed E-state index contributed by atoms with van der Waals surface area (Å²) in [6.07, 6.45) is -0.182. The van der Waals surface area contributed by atoms with Gasteiger partial charge in [0.1, 0.15) is 5.82 Å². The zero-order valence-electron chi connectivity index (χ0n) is 15.3. The minimum atomic E-state index is -1.01. The minimum absolute atomic E-state index is 0.0621. The van der Waals surface area contributed by atoms with Crippen molar-refractivity contribution in [2.24, 2.45) is 0 Å². The van der Waals surface area contributed by atoms with E-state index in [1.54, 1.807) is 24.3 Å². The number of aromatic amines is 1. The lowest BCUT2D eigenvalue weighted by Crippen LogP contribution is -2.42. The molecule has 8 heteroatoms. The Morgan fingerprint density at radius 2 is 1.66 bits per heavy atom. The maximum atomic E-state index is 12.9. The Kier molecular flexibility index (Phi) is 4.82. The van der Waals surface area contributed by atoms with Crippen LogP contribution < -0.4 is 21.9 Å². The number of hydrogen-bond donors (Lipinski definition) is 3. The number of hydrogen-bond acceptors (Lipinski definition) is 4. The molecule has 0 saturated heterocycles. The fraction of sp³-hybridized carbons (Fsp3) is 0.143. The second-order valence-corrected chi connectivity index (χ2v) is 6.75. The van der Waals surface area contributed by atoms with E-state index in [1.165, 1.54) is 4.57 Å². The van der Waals surface area contributed by atoms with Gasteiger partial charge >= 0.3 is 5.69 Å². The van der Waals surface area contributed by atoms with Crippen LogP contribution in [0.15, 0.2) is 70.3 Å². The van der Waals surface area contributed by atoms with Gasteiger partial charge in [-0.15, -0.1) is 0 Å². The molecule has 0 unspecified atom stereocenters. The summed E-state index contributed by atoms with van der Waals surface area (Å²) in [5.74, 6) is -1.86. The Morgan fingerprint density at radius 3 is 2.34 bits per heavy atom. The van der Waals surface area contributed by atoms with E-state index in [2.05, 4.69) is 15.6 Å². The molecule has 1 aliphatic heterocycles. The molecule has 0 fully saturated rings. The van der Waals surface area contributed by atoms with Crippen LogP contribution in [0.3, 0.4) is 0 Å². The summed E-state index contributed by atoms with van der Waals surface area (Å²) in [7, 11) is 0. The third-order valence-corrected chi connectivity index (χ3v) is 4.77. The molecule has 2 heterocycles. The van der Waals surface area contributed by atoms with E-state index >= 15 is 0 Å². The van der Waals surface area contributed by atoms with Gasteiger partial charge in [-0.25, -0.2) is 4.79 Å². The smallest absolute Gasteiger partial charge is 0.326 e. The first-order valence-electron chi connectivity index (χ1n) is 9.09. The molecule has 29 heavy (non-hydrogen) atoms. The molecule has 8 nitrogen and oxygen atoms in total. The summed E-state index contributed by atoms with van der Waals surface area (Å²) in [5.41, 5.74) is 0.117. The van der Waals surface area contributed by atoms with Crippen molar-refractivity contribution in [1.29, 1.82) is 0 Å². The molecule has 0 radical (unpaired) electrons. The maximum Gasteiger partial charge on any atom is 0.330 e. The number of carbonyl (C=O) groups is 2. The van der Waals surface area contributed by atoms with Gasteiger partial charge in [-0.1, -0.05) is 48.5 Å². The SMILES string of the molecule is O=C1C[C@H](C(=O)Nc2ccccc2)c2c(n(Cc3ccccc3)c(=O)[nH]c2=O)N1. The Morgan fingerprint density at radius 1 is 1.00 bits per heavy atom. The lowest BCUT2D eigenvalue weighted by atomic mass is 9.92. The zero-order valence-corrected chi connectivity index (χ0v) is 15.3. The van der Waals surface area contributed by atoms with Crippen molar-refractivity contribution < 1.29 is 9.59 Å². The molecule has 146 valence electrons. The first-order valence-corrected chi connectivity index (χ1v) is 9.09. The number of aromatic nitrogens is 2. The Bertz CT molecular complexity index is 1180. The lowest BCUT2D eigenvalue weighted by molar-refractivity contribution is -0.123. The summed E-state index contributed by atoms with van der Waals surface area (Å²) < 4.78 is 1.27. The van der Waals surface area contributed by atoms with Gasteiger partial charge < -0.3 is 10.6 Å². The number of para-hydroxylation sites is 1. The van der Waals surface area contributed by atoms with E-state index in [-0.39, 0.29) is 24.3 Å². The summed E-state index contributed by atoms with van der Waals surface area (Å²) >= 11 is 0. The van der Waals surface area contributed by atoms with Gasteiger partial charge in [0.05, 0.1) is 18.0 Å². The monoisotopic (exact) mass is 390 g/mol. The number of amides is 2. The molecule has 1 aliphatic rings. The number of anilines is 2. The number of benzene rings is 2. The summed E-state index contributed by atoms with van der Waals surface area (Å²) in [6.45, 7) is 0.145. The third-order valence-electron chi connectivity index (χ3n) is 4.77. The highest BCUT2D eigenvalue weighted by atomic mass is 16.2. The predicted octanol–water partition coefficient (Wildman–Crippen LogP) is 1.65. The molecule has 0 spiro atoms. The molecule has 2 aromatic carbocycles. The van der Waals surface area contributed by atoms with Gasteiger partial charge in [0, 0.05) is 12.1 Å². The van der Waals surface area contributed by atoms with E-state index in [1.807, 2.05) is 36.4 Å². The fourth-order valence-corrected chi connectivity index (χ4v) is 3.41. The molecule has 2 amide bonds. The van der Waals surface area contributed by atoms with Crippen molar-refractivity contribution in [3.05, 3.63) is 92.6 Å². The predicted molar refractivity (Wildman–Crippen MR) is 108 cm³/mol. The van der Waals surface area contributed by atoms with Crippen LogP contribution in [0.5, 0.6) is 0 Å². The van der Waals surface area contributed by atoms with Gasteiger partial charge in [0.15, 0.2) is 0 Å². The van der Waals surface area contributed by atoms with Crippen LogP contribution in [0.1, 0.15) is 23.5 Å². The number of carbonyl (C=O) groups excluding carboxylic acids is 2. The number of rotatable bonds is 4. The maximum absolute atomic E-state index is 12.9. The Hall–Kier alpha value is -3.94. The van der Waals surface area contributed by atoms with Crippen molar-refractivity contribution in [3.8, 4) is 0 Å². The molecular formula is C21H18N4O4. The largest absolute Gasteiger partial charge is 0.330 e. The van der Waals surface area contributed by atoms with Gasteiger partial charge in [-0.2, -0.15) is 0 Å². The molecule has 0 aliphatic carbocycles. The highest BCUT2D eigenvalue weighted by Crippen LogP contribution is 2.30. The molecule has 1 aromatic heterocycles. The van der Waals surface area contributed by atoms with Crippen molar-refractivity contribution in [2.45, 2.75) is 18.9 Å². The van der Waals surface area contributed by atoms with Crippen LogP contribution in [0.4, 0.5) is 11.5 Å². The van der Waals surface area contributed by atoms with E-state index < -0.39 is 29.0 Å². The second kappa shape index (κ2) is 7.59. The average molecular weight is 390 g/mol. The van der Waals surface area contributed by atoms with Crippen LogP contribution >= 0.6 is 0 Å². The van der Waals surface area contributed by atoms with Gasteiger partial charge in [0.25, 0.3) is 5.56 Å². The van der Waals surface area contributed by atoms with Gasteiger partial charge in [-0.05, 0) is 17.7 Å². The van der Waals surface area contributed by atoms with E-state index in [4.69, 9.17) is 0 Å². The minimum Gasteiger partial charge on any atom is -0.326 e. The van der Waals surface area contributed by atoms with Crippen molar-refractivity contribution in [1.82, 2.24) is 9.55 Å². The Labute approximate surface area is 165 Å². The van der Waals surface area contributed by atoms with Gasteiger partial charge in [-0.3, -0.25) is 23.9 Å². The highest BCUT2D eigenvalue weighted by molar-refractivity contribution is 6.04. The molecule has 3 aromatic rings. The summed E-state index contributed by atoms with van der Waals surface area (Å²) in [6, 6.07) is 17.9. The van der Waals surface area contributed by atoms with Crippen molar-refractivity contribution in [2.75, 3.05) is 10.6 Å². The molecule has 1 atom stereocenters. The Balaban J connectivity index is 1.77. The molecular weight excluding hydrogens is 372 g/mol. The standard InChI is InChI=1S/C21H18N4O4/c26-16-11-15(19(27)22-14-9-5-2-6-10-14)17-18(23-16)25(21(29)24-20(17)28)12-13-7-3-1-4-8-13/h1-10,15H,11-12H2,(H,22,27)(H,23,26)(H,24,28,29)/t15-/m0/s1. The van der Waals surface area contributed by atoms with Crippen molar-refractivity contribution >= 4 is 23.3 Å². The van der Waals surface area contributed by atoms with E-state index in [0.717, 1.165) is 5.56 Å². The second-order valence-electron chi connectivity index (χ2n) is 6.75. The van der Waals surface area contributed by atoms with Crippen LogP contribution in [0.25, 0.3) is 0 Å². The molecule has 3 N–H and O–H groups in total. The van der Waals surface area contributed by atoms with Gasteiger partial charge in [0.2, 0.25) is 11.8 Å². The zero-order chi connectivity index (χ0) is 20.4. The summed E-state index contributed by atoms with van der Waals surface area (Å²) in [5, 5.41) is 5.33. The van der Waals surface area contributed by atoms with E-state index in [9.17, 15) is 19.2 Å². The molecule has 4 rings (SSSR count). The number of H-pyrrole nitrogens is 1. The number of fused-ring (bicyclic) bond motifs is 1. The molecule has 0 bridgehead atoms.